The van der Waals surface area contributed by atoms with Gasteiger partial charge in [-0.05, 0) is 30.9 Å². The third kappa shape index (κ3) is 3.71. The van der Waals surface area contributed by atoms with Crippen LogP contribution in [0.5, 0.6) is 0 Å². The first kappa shape index (κ1) is 13.9. The maximum atomic E-state index is 9.24. The number of benzene rings is 1. The second-order valence-electron chi connectivity index (χ2n) is 5.17. The van der Waals surface area contributed by atoms with Crippen LogP contribution in [0.4, 0.5) is 5.69 Å². The molecule has 0 saturated heterocycles. The van der Waals surface area contributed by atoms with Crippen LogP contribution in [0.25, 0.3) is 0 Å². The molecule has 0 amide bonds. The van der Waals surface area contributed by atoms with E-state index in [1.165, 1.54) is 18.4 Å². The number of ether oxygens (including phenoxy) is 1. The van der Waals surface area contributed by atoms with Crippen molar-refractivity contribution >= 4 is 5.69 Å². The number of hydrogen-bond donors (Lipinski definition) is 1. The largest absolute Gasteiger partial charge is 0.384 e. The molecular formula is C16H22N2O. The minimum Gasteiger partial charge on any atom is -0.384 e. The molecule has 2 unspecified atom stereocenters. The minimum absolute atomic E-state index is 0.143. The maximum absolute atomic E-state index is 9.24. The summed E-state index contributed by atoms with van der Waals surface area (Å²) in [4.78, 5) is 0. The first-order valence-corrected chi connectivity index (χ1v) is 7.08. The van der Waals surface area contributed by atoms with Crippen molar-refractivity contribution in [2.45, 2.75) is 38.1 Å². The number of nitriles is 1. The van der Waals surface area contributed by atoms with E-state index < -0.39 is 0 Å². The molecule has 0 radical (unpaired) electrons. The highest BCUT2D eigenvalue weighted by atomic mass is 16.5. The Morgan fingerprint density at radius 1 is 1.32 bits per heavy atom. The SMILES string of the molecule is COCCc1ccccc1NC1CCCCC1C#N. The van der Waals surface area contributed by atoms with E-state index in [1.807, 2.05) is 6.07 Å². The van der Waals surface area contributed by atoms with Crippen LogP contribution in [0.1, 0.15) is 31.2 Å². The monoisotopic (exact) mass is 258 g/mol. The zero-order valence-corrected chi connectivity index (χ0v) is 11.6. The van der Waals surface area contributed by atoms with Crippen molar-refractivity contribution in [2.75, 3.05) is 19.0 Å². The van der Waals surface area contributed by atoms with Crippen molar-refractivity contribution in [3.05, 3.63) is 29.8 Å². The van der Waals surface area contributed by atoms with Gasteiger partial charge in [0.25, 0.3) is 0 Å². The molecule has 0 bridgehead atoms. The molecule has 1 N–H and O–H groups in total. The zero-order valence-electron chi connectivity index (χ0n) is 11.6. The molecular weight excluding hydrogens is 236 g/mol. The van der Waals surface area contributed by atoms with Crippen molar-refractivity contribution < 1.29 is 4.74 Å². The Kier molecular flexibility index (Phi) is 5.23. The molecule has 0 aliphatic heterocycles. The van der Waals surface area contributed by atoms with E-state index in [2.05, 4.69) is 29.6 Å². The Bertz CT molecular complexity index is 439. The van der Waals surface area contributed by atoms with Crippen molar-refractivity contribution in [3.63, 3.8) is 0 Å². The van der Waals surface area contributed by atoms with Crippen LogP contribution < -0.4 is 5.32 Å². The quantitative estimate of drug-likeness (QED) is 0.880. The lowest BCUT2D eigenvalue weighted by atomic mass is 9.85. The van der Waals surface area contributed by atoms with E-state index >= 15 is 0 Å². The molecule has 3 nitrogen and oxygen atoms in total. The Morgan fingerprint density at radius 3 is 2.89 bits per heavy atom. The molecule has 1 aromatic carbocycles. The summed E-state index contributed by atoms with van der Waals surface area (Å²) in [6.07, 6.45) is 5.42. The summed E-state index contributed by atoms with van der Waals surface area (Å²) in [5.41, 5.74) is 2.43. The van der Waals surface area contributed by atoms with Gasteiger partial charge >= 0.3 is 0 Å². The first-order chi connectivity index (χ1) is 9.35. The van der Waals surface area contributed by atoms with Gasteiger partial charge in [-0.2, -0.15) is 5.26 Å². The molecule has 1 aliphatic carbocycles. The maximum Gasteiger partial charge on any atom is 0.0677 e. The molecule has 0 aromatic heterocycles. The number of para-hydroxylation sites is 1. The predicted octanol–water partition coefficient (Wildman–Crippen LogP) is 3.37. The lowest BCUT2D eigenvalue weighted by Crippen LogP contribution is -2.31. The molecule has 102 valence electrons. The summed E-state index contributed by atoms with van der Waals surface area (Å²) >= 11 is 0. The smallest absolute Gasteiger partial charge is 0.0677 e. The molecule has 1 aromatic rings. The molecule has 19 heavy (non-hydrogen) atoms. The standard InChI is InChI=1S/C16H22N2O/c1-19-11-10-13-6-2-4-8-15(13)18-16-9-5-3-7-14(16)12-17/h2,4,6,8,14,16,18H,3,5,7,9-11H2,1H3. The number of anilines is 1. The number of nitrogens with one attached hydrogen (secondary N) is 1. The van der Waals surface area contributed by atoms with Gasteiger partial charge in [0.15, 0.2) is 0 Å². The Labute approximate surface area is 115 Å². The average Bonchev–Trinajstić information content (AvgIpc) is 2.47. The average molecular weight is 258 g/mol. The number of rotatable bonds is 5. The van der Waals surface area contributed by atoms with Crippen LogP contribution in [-0.4, -0.2) is 19.8 Å². The van der Waals surface area contributed by atoms with Gasteiger partial charge in [-0.3, -0.25) is 0 Å². The van der Waals surface area contributed by atoms with Crippen molar-refractivity contribution in [3.8, 4) is 6.07 Å². The summed E-state index contributed by atoms with van der Waals surface area (Å²) in [6.45, 7) is 0.727. The third-order valence-electron chi connectivity index (χ3n) is 3.87. The third-order valence-corrected chi connectivity index (χ3v) is 3.87. The molecule has 3 heteroatoms. The van der Waals surface area contributed by atoms with E-state index in [0.717, 1.165) is 31.6 Å². The highest BCUT2D eigenvalue weighted by Crippen LogP contribution is 2.28. The molecule has 1 fully saturated rings. The van der Waals surface area contributed by atoms with Crippen LogP contribution in [0.15, 0.2) is 24.3 Å². The number of nitrogens with zero attached hydrogens (tertiary/aromatic N) is 1. The fraction of sp³-hybridized carbons (Fsp3) is 0.562. The lowest BCUT2D eigenvalue weighted by Gasteiger charge is -2.29. The van der Waals surface area contributed by atoms with Gasteiger partial charge in [-0.1, -0.05) is 31.0 Å². The van der Waals surface area contributed by atoms with Crippen LogP contribution in [0.2, 0.25) is 0 Å². The Balaban J connectivity index is 2.07. The highest BCUT2D eigenvalue weighted by molar-refractivity contribution is 5.52. The molecule has 2 rings (SSSR count). The van der Waals surface area contributed by atoms with Gasteiger partial charge < -0.3 is 10.1 Å². The van der Waals surface area contributed by atoms with E-state index in [-0.39, 0.29) is 5.92 Å². The highest BCUT2D eigenvalue weighted by Gasteiger charge is 2.25. The lowest BCUT2D eigenvalue weighted by molar-refractivity contribution is 0.202. The van der Waals surface area contributed by atoms with Crippen molar-refractivity contribution in [1.82, 2.24) is 0 Å². The van der Waals surface area contributed by atoms with Crippen LogP contribution in [0.3, 0.4) is 0 Å². The van der Waals surface area contributed by atoms with E-state index in [4.69, 9.17) is 4.74 Å². The van der Waals surface area contributed by atoms with Gasteiger partial charge in [0.05, 0.1) is 18.6 Å². The zero-order chi connectivity index (χ0) is 13.5. The van der Waals surface area contributed by atoms with Crippen molar-refractivity contribution in [2.24, 2.45) is 5.92 Å². The van der Waals surface area contributed by atoms with E-state index in [0.29, 0.717) is 6.04 Å². The van der Waals surface area contributed by atoms with Gasteiger partial charge in [0.1, 0.15) is 0 Å². The second kappa shape index (κ2) is 7.16. The molecule has 0 spiro atoms. The fourth-order valence-electron chi connectivity index (χ4n) is 2.75. The summed E-state index contributed by atoms with van der Waals surface area (Å²) in [5, 5.41) is 12.8. The molecule has 1 saturated carbocycles. The van der Waals surface area contributed by atoms with Gasteiger partial charge in [-0.25, -0.2) is 0 Å². The first-order valence-electron chi connectivity index (χ1n) is 7.08. The molecule has 0 heterocycles. The van der Waals surface area contributed by atoms with Crippen molar-refractivity contribution in [1.29, 1.82) is 5.26 Å². The van der Waals surface area contributed by atoms with Crippen LogP contribution in [-0.2, 0) is 11.2 Å². The summed E-state index contributed by atoms with van der Waals surface area (Å²) in [7, 11) is 1.73. The minimum atomic E-state index is 0.143. The summed E-state index contributed by atoms with van der Waals surface area (Å²) in [6, 6.07) is 11.1. The topological polar surface area (TPSA) is 45.0 Å². The van der Waals surface area contributed by atoms with Gasteiger partial charge in [0, 0.05) is 18.8 Å². The predicted molar refractivity (Wildman–Crippen MR) is 77.0 cm³/mol. The Morgan fingerprint density at radius 2 is 2.11 bits per heavy atom. The number of methoxy groups -OCH3 is 1. The van der Waals surface area contributed by atoms with Crippen LogP contribution >= 0.6 is 0 Å². The second-order valence-corrected chi connectivity index (χ2v) is 5.17. The van der Waals surface area contributed by atoms with Crippen LogP contribution in [0, 0.1) is 17.2 Å². The fourth-order valence-corrected chi connectivity index (χ4v) is 2.75. The van der Waals surface area contributed by atoms with Gasteiger partial charge in [-0.15, -0.1) is 0 Å². The van der Waals surface area contributed by atoms with E-state index in [9.17, 15) is 5.26 Å². The molecule has 2 atom stereocenters. The van der Waals surface area contributed by atoms with E-state index in [1.54, 1.807) is 7.11 Å². The summed E-state index contributed by atoms with van der Waals surface area (Å²) in [5.74, 6) is 0.143. The number of hydrogen-bond acceptors (Lipinski definition) is 3. The normalized spacial score (nSPS) is 22.7. The molecule has 1 aliphatic rings. The summed E-state index contributed by atoms with van der Waals surface area (Å²) < 4.78 is 5.15. The Hall–Kier alpha value is -1.53. The van der Waals surface area contributed by atoms with Gasteiger partial charge in [0.2, 0.25) is 0 Å².